The molecule has 0 aliphatic heterocycles. The summed E-state index contributed by atoms with van der Waals surface area (Å²) in [7, 11) is 0. The molecule has 0 saturated heterocycles. The molecule has 0 spiro atoms. The van der Waals surface area contributed by atoms with Crippen LogP contribution in [0.5, 0.6) is 0 Å². The van der Waals surface area contributed by atoms with Crippen LogP contribution in [0.2, 0.25) is 0 Å². The largest absolute Gasteiger partial charge is 2.00 e. The van der Waals surface area contributed by atoms with Crippen LogP contribution in [0.1, 0.15) is 33.6 Å². The Labute approximate surface area is 261 Å². The first-order valence-corrected chi connectivity index (χ1v) is 12.2. The maximum Gasteiger partial charge on any atom is 2.00 e. The summed E-state index contributed by atoms with van der Waals surface area (Å²) >= 11 is 7.40. The van der Waals surface area contributed by atoms with Crippen LogP contribution in [0, 0.1) is 27.7 Å². The molecule has 6 nitrogen and oxygen atoms in total. The van der Waals surface area contributed by atoms with Crippen LogP contribution in [0.4, 0.5) is 11.4 Å². The van der Waals surface area contributed by atoms with Crippen LogP contribution < -0.4 is 0 Å². The van der Waals surface area contributed by atoms with Crippen molar-refractivity contribution in [1.29, 1.82) is 0 Å². The normalized spacial score (nSPS) is 9.33. The van der Waals surface area contributed by atoms with Crippen molar-refractivity contribution in [1.82, 2.24) is 9.97 Å². The molecule has 4 rings (SSSR count). The maximum atomic E-state index is 7.13. The van der Waals surface area contributed by atoms with Gasteiger partial charge >= 0.3 is 27.3 Å². The number of aromatic nitrogens is 2. The number of nitrogens with zero attached hydrogens (tertiary/aromatic N) is 6. The molecule has 39 heavy (non-hydrogen) atoms. The third-order valence-electron chi connectivity index (χ3n) is 4.75. The van der Waals surface area contributed by atoms with Gasteiger partial charge in [0.25, 0.3) is 0 Å². The Bertz CT molecular complexity index is 1290. The number of aryl methyl sites for hydroxylation is 4. The van der Waals surface area contributed by atoms with Crippen molar-refractivity contribution in [2.45, 2.75) is 27.7 Å². The van der Waals surface area contributed by atoms with Crippen LogP contribution in [0.3, 0.4) is 0 Å². The Morgan fingerprint density at radius 2 is 1.00 bits per heavy atom. The fourth-order valence-corrected chi connectivity index (χ4v) is 3.08. The second-order valence-corrected chi connectivity index (χ2v) is 8.15. The predicted octanol–water partition coefficient (Wildman–Crippen LogP) is 8.21. The second-order valence-electron chi connectivity index (χ2n) is 7.79. The fraction of sp³-hybridized carbons (Fsp3) is 0.133. The molecule has 0 aliphatic rings. The van der Waals surface area contributed by atoms with Crippen molar-refractivity contribution < 1.29 is 27.3 Å². The molecule has 2 aromatic heterocycles. The minimum atomic E-state index is 0. The van der Waals surface area contributed by atoms with Crippen LogP contribution in [-0.4, -0.2) is 32.7 Å². The first kappa shape index (κ1) is 35.6. The Morgan fingerprint density at radius 3 is 1.28 bits per heavy atom. The standard InChI is InChI=1S/2C14H14N2.2CNS.Cd/c2*1-11-6-7-14(12(2)9-11)16-10-13-5-3-4-8-15-13;2*2-1-3;/h2*3-10H,1-2H3;;;/q;;2*-1;+2. The number of pyridine rings is 2. The molecule has 4 aromatic rings. The number of hydrogen-bond acceptors (Lipinski definition) is 6. The summed E-state index contributed by atoms with van der Waals surface area (Å²) in [6.07, 6.45) is 7.11. The average molecular weight is 649 g/mol. The molecule has 0 saturated carbocycles. The Hall–Kier alpha value is -3.40. The summed E-state index contributed by atoms with van der Waals surface area (Å²) in [5.74, 6) is 0. The van der Waals surface area contributed by atoms with Gasteiger partial charge in [-0.1, -0.05) is 72.0 Å². The van der Waals surface area contributed by atoms with E-state index in [1.807, 2.05) is 48.5 Å². The van der Waals surface area contributed by atoms with Gasteiger partial charge in [-0.15, -0.1) is 0 Å². The molecule has 192 valence electrons. The molecule has 0 unspecified atom stereocenters. The molecule has 9 heteroatoms. The molecule has 0 amide bonds. The van der Waals surface area contributed by atoms with Gasteiger partial charge in [0.15, 0.2) is 0 Å². The van der Waals surface area contributed by atoms with Crippen molar-refractivity contribution in [3.63, 3.8) is 0 Å². The molecule has 0 fully saturated rings. The van der Waals surface area contributed by atoms with Gasteiger partial charge in [-0.05, 0) is 75.2 Å². The zero-order chi connectivity index (χ0) is 28.2. The van der Waals surface area contributed by atoms with Gasteiger partial charge in [0, 0.05) is 12.4 Å². The summed E-state index contributed by atoms with van der Waals surface area (Å²) in [5.41, 5.74) is 8.64. The monoisotopic (exact) mass is 650 g/mol. The summed E-state index contributed by atoms with van der Waals surface area (Å²) in [6.45, 7) is 8.30. The third-order valence-corrected chi connectivity index (χ3v) is 4.75. The van der Waals surface area contributed by atoms with Crippen LogP contribution in [0.25, 0.3) is 10.8 Å². The fourth-order valence-electron chi connectivity index (χ4n) is 3.08. The van der Waals surface area contributed by atoms with E-state index < -0.39 is 0 Å². The van der Waals surface area contributed by atoms with Crippen molar-refractivity contribution in [3.05, 3.63) is 130 Å². The van der Waals surface area contributed by atoms with E-state index in [-0.39, 0.29) is 27.3 Å². The van der Waals surface area contributed by atoms with E-state index in [0.29, 0.717) is 0 Å². The minimum absolute atomic E-state index is 0. The molecule has 2 aromatic carbocycles. The van der Waals surface area contributed by atoms with Gasteiger partial charge in [0.1, 0.15) is 0 Å². The van der Waals surface area contributed by atoms with Crippen molar-refractivity contribution >= 4 is 58.6 Å². The topological polar surface area (TPSA) is 95.1 Å². The number of aliphatic imine (C=N–C) groups is 2. The molecule has 0 N–H and O–H groups in total. The van der Waals surface area contributed by atoms with E-state index in [4.69, 9.17) is 10.8 Å². The van der Waals surface area contributed by atoms with Crippen molar-refractivity contribution in [2.75, 3.05) is 0 Å². The summed E-state index contributed by atoms with van der Waals surface area (Å²) in [4.78, 5) is 17.2. The number of thiocarbonyl (C=S) groups is 2. The van der Waals surface area contributed by atoms with E-state index in [1.54, 1.807) is 24.8 Å². The van der Waals surface area contributed by atoms with Gasteiger partial charge < -0.3 is 10.8 Å². The first-order chi connectivity index (χ1) is 18.3. The molecular formula is C30H28CdN6S2. The van der Waals surface area contributed by atoms with Gasteiger partial charge in [0.05, 0.1) is 35.2 Å². The summed E-state index contributed by atoms with van der Waals surface area (Å²) in [6, 6.07) is 24.0. The summed E-state index contributed by atoms with van der Waals surface area (Å²) < 4.78 is 0. The SMILES string of the molecule is Cc1ccc(N=Cc2ccccn2)c(C)c1.Cc1ccc(N=Cc2ccccn2)c(C)c1.[Cd+2].[N-]=C=S.[N-]=C=S. The zero-order valence-corrected chi connectivity index (χ0v) is 28.1. The minimum Gasteiger partial charge on any atom is -0.753 e. The van der Waals surface area contributed by atoms with Crippen LogP contribution in [-0.2, 0) is 27.3 Å². The number of isothiocyanates is 2. The van der Waals surface area contributed by atoms with E-state index in [2.05, 4.69) is 96.3 Å². The Morgan fingerprint density at radius 1 is 0.641 bits per heavy atom. The Balaban J connectivity index is 0.000000604. The van der Waals surface area contributed by atoms with Crippen molar-refractivity contribution in [2.24, 2.45) is 9.98 Å². The van der Waals surface area contributed by atoms with E-state index in [1.165, 1.54) is 32.6 Å². The second kappa shape index (κ2) is 21.5. The van der Waals surface area contributed by atoms with E-state index in [0.717, 1.165) is 22.8 Å². The number of hydrogen-bond donors (Lipinski definition) is 0. The van der Waals surface area contributed by atoms with E-state index in [9.17, 15) is 0 Å². The predicted molar refractivity (Wildman–Crippen MR) is 167 cm³/mol. The van der Waals surface area contributed by atoms with Gasteiger partial charge in [-0.3, -0.25) is 20.0 Å². The number of rotatable bonds is 4. The molecule has 0 aliphatic carbocycles. The van der Waals surface area contributed by atoms with Crippen molar-refractivity contribution in [3.8, 4) is 0 Å². The summed E-state index contributed by atoms with van der Waals surface area (Å²) in [5, 5.41) is 16.9. The van der Waals surface area contributed by atoms with Gasteiger partial charge in [0.2, 0.25) is 0 Å². The van der Waals surface area contributed by atoms with Gasteiger partial charge in [-0.25, -0.2) is 0 Å². The quantitative estimate of drug-likeness (QED) is 0.127. The molecule has 0 atom stereocenters. The van der Waals surface area contributed by atoms with Crippen LogP contribution >= 0.6 is 24.4 Å². The zero-order valence-electron chi connectivity index (χ0n) is 22.4. The van der Waals surface area contributed by atoms with Gasteiger partial charge in [-0.2, -0.15) is 10.3 Å². The van der Waals surface area contributed by atoms with Crippen LogP contribution in [0.15, 0.2) is 95.2 Å². The molecule has 0 radical (unpaired) electrons. The molecule has 0 bridgehead atoms. The Kier molecular flexibility index (Phi) is 19.7. The molecule has 2 heterocycles. The van der Waals surface area contributed by atoms with E-state index >= 15 is 0 Å². The first-order valence-electron chi connectivity index (χ1n) is 11.4. The average Bonchev–Trinajstić information content (AvgIpc) is 2.90. The number of benzene rings is 2. The maximum absolute atomic E-state index is 7.13. The smallest absolute Gasteiger partial charge is 0.753 e. The third kappa shape index (κ3) is 15.6. The molecular weight excluding hydrogens is 621 g/mol.